The molecule has 0 aromatic carbocycles. The van der Waals surface area contributed by atoms with Crippen LogP contribution in [0.4, 0.5) is 0 Å². The summed E-state index contributed by atoms with van der Waals surface area (Å²) in [5, 5.41) is 23.1. The molecule has 2 heterocycles. The van der Waals surface area contributed by atoms with Gasteiger partial charge in [0.2, 0.25) is 11.8 Å². The number of rotatable bonds is 6. The van der Waals surface area contributed by atoms with E-state index >= 15 is 0 Å². The van der Waals surface area contributed by atoms with E-state index < -0.39 is 17.6 Å². The van der Waals surface area contributed by atoms with Crippen molar-refractivity contribution in [3.05, 3.63) is 23.9 Å². The van der Waals surface area contributed by atoms with Crippen LogP contribution in [0.15, 0.2) is 18.2 Å². The summed E-state index contributed by atoms with van der Waals surface area (Å²) in [6, 6.07) is 5.54. The average molecular weight is 401 g/mol. The molecule has 3 rings (SSSR count). The summed E-state index contributed by atoms with van der Waals surface area (Å²) in [6.07, 6.45) is 0.622. The van der Waals surface area contributed by atoms with E-state index in [1.54, 1.807) is 6.07 Å². The maximum atomic E-state index is 12.4. The normalized spacial score (nSPS) is 28.4. The Balaban J connectivity index is 0.00000261. The molecule has 152 valence electrons. The molecule has 0 radical (unpaired) electrons. The van der Waals surface area contributed by atoms with Crippen LogP contribution in [0.1, 0.15) is 31.4 Å². The third-order valence-electron chi connectivity index (χ3n) is 5.35. The largest absolute Gasteiger partial charge is 0.477 e. The van der Waals surface area contributed by atoms with Gasteiger partial charge in [0.15, 0.2) is 0 Å². The number of nitrogens with zero attached hydrogens (tertiary/aromatic N) is 1. The third-order valence-corrected chi connectivity index (χ3v) is 5.35. The molecule has 1 aromatic rings. The number of nitrogens with one attached hydrogen (secondary N) is 1. The first-order chi connectivity index (χ1) is 12.5. The number of hydrogen-bond donors (Lipinski definition) is 3. The molecule has 1 aromatic heterocycles. The topological polar surface area (TPSA) is 101 Å². The van der Waals surface area contributed by atoms with Gasteiger partial charge in [0.05, 0.1) is 18.8 Å². The standard InChI is InChI=1S/C19H28N2O5.ClH/c1-13-3-2-4-17(21-13)26-12-19(9-15(22)16(23)10-19)11-20-18(24)14-5-7-25-8-6-14;/h2-4,14-16,22-23H,5-12H2,1H3,(H,20,24);1H/t15-,16+,19?;. The zero-order valence-electron chi connectivity index (χ0n) is 15.6. The molecule has 3 atom stereocenters. The fraction of sp³-hybridized carbons (Fsp3) is 0.684. The lowest BCUT2D eigenvalue weighted by Crippen LogP contribution is -2.43. The molecule has 1 aliphatic heterocycles. The van der Waals surface area contributed by atoms with Crippen LogP contribution in [0.3, 0.4) is 0 Å². The number of carbonyl (C=O) groups excluding carboxylic acids is 1. The molecule has 2 aliphatic rings. The zero-order valence-corrected chi connectivity index (χ0v) is 16.4. The summed E-state index contributed by atoms with van der Waals surface area (Å²) in [4.78, 5) is 16.8. The predicted octanol–water partition coefficient (Wildman–Crippen LogP) is 1.24. The summed E-state index contributed by atoms with van der Waals surface area (Å²) >= 11 is 0. The van der Waals surface area contributed by atoms with Crippen LogP contribution >= 0.6 is 12.4 Å². The Morgan fingerprint density at radius 2 is 1.96 bits per heavy atom. The van der Waals surface area contributed by atoms with Gasteiger partial charge in [0.1, 0.15) is 0 Å². The quantitative estimate of drug-likeness (QED) is 0.664. The lowest BCUT2D eigenvalue weighted by Gasteiger charge is -2.30. The summed E-state index contributed by atoms with van der Waals surface area (Å²) in [5.41, 5.74) is 0.348. The van der Waals surface area contributed by atoms with Gasteiger partial charge in [0.25, 0.3) is 0 Å². The van der Waals surface area contributed by atoms with E-state index in [9.17, 15) is 15.0 Å². The molecule has 1 amide bonds. The minimum Gasteiger partial charge on any atom is -0.477 e. The van der Waals surface area contributed by atoms with Crippen LogP contribution in [-0.2, 0) is 9.53 Å². The second-order valence-electron chi connectivity index (χ2n) is 7.55. The van der Waals surface area contributed by atoms with E-state index in [0.29, 0.717) is 38.5 Å². The van der Waals surface area contributed by atoms with Gasteiger partial charge in [0, 0.05) is 42.9 Å². The van der Waals surface area contributed by atoms with Gasteiger partial charge >= 0.3 is 0 Å². The first-order valence-electron chi connectivity index (χ1n) is 9.25. The van der Waals surface area contributed by atoms with Crippen molar-refractivity contribution in [2.45, 2.75) is 44.8 Å². The Kier molecular flexibility index (Phi) is 7.85. The van der Waals surface area contributed by atoms with Crippen molar-refractivity contribution in [2.24, 2.45) is 11.3 Å². The van der Waals surface area contributed by atoms with Crippen LogP contribution < -0.4 is 10.1 Å². The Morgan fingerprint density at radius 3 is 2.59 bits per heavy atom. The maximum Gasteiger partial charge on any atom is 0.223 e. The molecule has 27 heavy (non-hydrogen) atoms. The van der Waals surface area contributed by atoms with Crippen molar-refractivity contribution in [1.82, 2.24) is 10.3 Å². The number of ether oxygens (including phenoxy) is 2. The molecule has 7 nitrogen and oxygen atoms in total. The zero-order chi connectivity index (χ0) is 18.6. The first-order valence-corrected chi connectivity index (χ1v) is 9.25. The number of pyridine rings is 1. The molecule has 0 bridgehead atoms. The van der Waals surface area contributed by atoms with Crippen molar-refractivity contribution in [3.8, 4) is 5.88 Å². The van der Waals surface area contributed by atoms with Gasteiger partial charge < -0.3 is 25.0 Å². The van der Waals surface area contributed by atoms with Crippen molar-refractivity contribution < 1.29 is 24.5 Å². The number of aryl methyl sites for hydroxylation is 1. The smallest absolute Gasteiger partial charge is 0.223 e. The average Bonchev–Trinajstić information content (AvgIpc) is 2.93. The minimum absolute atomic E-state index is 0. The number of carbonyl (C=O) groups is 1. The molecule has 0 spiro atoms. The van der Waals surface area contributed by atoms with Gasteiger partial charge in [-0.15, -0.1) is 12.4 Å². The molecule has 3 N–H and O–H groups in total. The number of aromatic nitrogens is 1. The van der Waals surface area contributed by atoms with Gasteiger partial charge in [-0.05, 0) is 38.7 Å². The molecular formula is C19H29ClN2O5. The summed E-state index contributed by atoms with van der Waals surface area (Å²) in [6.45, 7) is 3.76. The number of aliphatic hydroxyl groups is 2. The van der Waals surface area contributed by atoms with E-state index in [0.717, 1.165) is 18.5 Å². The van der Waals surface area contributed by atoms with E-state index in [1.165, 1.54) is 0 Å². The SMILES string of the molecule is Cc1cccc(OCC2(CNC(=O)C3CCOCC3)C[C@@H](O)[C@@H](O)C2)n1.Cl. The summed E-state index contributed by atoms with van der Waals surface area (Å²) in [7, 11) is 0. The van der Waals surface area contributed by atoms with Crippen molar-refractivity contribution in [2.75, 3.05) is 26.4 Å². The molecule has 2 fully saturated rings. The Hall–Kier alpha value is -1.41. The number of amides is 1. The third kappa shape index (κ3) is 5.78. The second-order valence-corrected chi connectivity index (χ2v) is 7.55. The van der Waals surface area contributed by atoms with Crippen LogP contribution in [0.2, 0.25) is 0 Å². The summed E-state index contributed by atoms with van der Waals surface area (Å²) in [5.74, 6) is 0.490. The number of aliphatic hydroxyl groups excluding tert-OH is 2. The molecule has 8 heteroatoms. The van der Waals surface area contributed by atoms with Crippen molar-refractivity contribution in [1.29, 1.82) is 0 Å². The molecular weight excluding hydrogens is 372 g/mol. The minimum atomic E-state index is -0.802. The highest BCUT2D eigenvalue weighted by atomic mass is 35.5. The molecule has 1 unspecified atom stereocenters. The van der Waals surface area contributed by atoms with Crippen LogP contribution in [0.5, 0.6) is 5.88 Å². The van der Waals surface area contributed by atoms with E-state index in [-0.39, 0.29) is 30.8 Å². The highest BCUT2D eigenvalue weighted by Gasteiger charge is 2.45. The van der Waals surface area contributed by atoms with Gasteiger partial charge in [-0.3, -0.25) is 4.79 Å². The Labute approximate surface area is 165 Å². The van der Waals surface area contributed by atoms with E-state index in [1.807, 2.05) is 19.1 Å². The van der Waals surface area contributed by atoms with Crippen LogP contribution in [-0.4, -0.2) is 59.7 Å². The fourth-order valence-corrected chi connectivity index (χ4v) is 3.76. The van der Waals surface area contributed by atoms with Gasteiger partial charge in [-0.1, -0.05) is 6.07 Å². The lowest BCUT2D eigenvalue weighted by molar-refractivity contribution is -0.128. The van der Waals surface area contributed by atoms with Crippen molar-refractivity contribution in [3.63, 3.8) is 0 Å². The highest BCUT2D eigenvalue weighted by molar-refractivity contribution is 5.85. The first kappa shape index (κ1) is 21.9. The van der Waals surface area contributed by atoms with Crippen LogP contribution in [0.25, 0.3) is 0 Å². The van der Waals surface area contributed by atoms with Crippen molar-refractivity contribution >= 4 is 18.3 Å². The number of hydrogen-bond acceptors (Lipinski definition) is 6. The summed E-state index contributed by atoms with van der Waals surface area (Å²) < 4.78 is 11.1. The Bertz CT molecular complexity index is 614. The molecule has 1 aliphatic carbocycles. The Morgan fingerprint density at radius 1 is 1.30 bits per heavy atom. The maximum absolute atomic E-state index is 12.4. The fourth-order valence-electron chi connectivity index (χ4n) is 3.76. The monoisotopic (exact) mass is 400 g/mol. The predicted molar refractivity (Wildman–Crippen MR) is 102 cm³/mol. The van der Waals surface area contributed by atoms with E-state index in [4.69, 9.17) is 9.47 Å². The van der Waals surface area contributed by atoms with Crippen LogP contribution in [0, 0.1) is 18.3 Å². The number of halogens is 1. The molecule has 1 saturated carbocycles. The van der Waals surface area contributed by atoms with Gasteiger partial charge in [-0.25, -0.2) is 4.98 Å². The second kappa shape index (κ2) is 9.68. The van der Waals surface area contributed by atoms with E-state index in [2.05, 4.69) is 10.3 Å². The lowest BCUT2D eigenvalue weighted by atomic mass is 9.86. The highest BCUT2D eigenvalue weighted by Crippen LogP contribution is 2.38. The van der Waals surface area contributed by atoms with Gasteiger partial charge in [-0.2, -0.15) is 0 Å². The molecule has 1 saturated heterocycles.